The average molecular weight is 259 g/mol. The molecule has 0 fully saturated rings. The Morgan fingerprint density at radius 2 is 2.43 bits per heavy atom. The first kappa shape index (κ1) is 11.1. The molecule has 0 radical (unpaired) electrons. The summed E-state index contributed by atoms with van der Waals surface area (Å²) < 4.78 is 0.728. The van der Waals surface area contributed by atoms with Crippen molar-refractivity contribution >= 4 is 21.9 Å². The van der Waals surface area contributed by atoms with E-state index in [2.05, 4.69) is 20.9 Å². The van der Waals surface area contributed by atoms with Crippen molar-refractivity contribution in [2.45, 2.75) is 18.9 Å². The van der Waals surface area contributed by atoms with E-state index >= 15 is 0 Å². The van der Waals surface area contributed by atoms with Crippen LogP contribution in [0.1, 0.15) is 18.9 Å². The number of aliphatic carboxylic acids is 1. The largest absolute Gasteiger partial charge is 0.481 e. The van der Waals surface area contributed by atoms with Crippen LogP contribution in [0.25, 0.3) is 0 Å². The van der Waals surface area contributed by atoms with Crippen molar-refractivity contribution in [3.63, 3.8) is 0 Å². The standard InChI is InChI=1S/C9H11BrN2O2/c1-9(11,4-8(13)14)6-2-3-12-5-7(6)10/h2-3,5H,4,11H2,1H3,(H,13,14)/t9-/m1/s1. The highest BCUT2D eigenvalue weighted by Gasteiger charge is 2.26. The third-order valence-electron chi connectivity index (χ3n) is 1.91. The molecule has 1 heterocycles. The summed E-state index contributed by atoms with van der Waals surface area (Å²) in [6.07, 6.45) is 3.07. The van der Waals surface area contributed by atoms with Gasteiger partial charge in [-0.05, 0) is 34.5 Å². The molecule has 0 aliphatic carbocycles. The number of carbonyl (C=O) groups is 1. The van der Waals surface area contributed by atoms with Gasteiger partial charge in [0.25, 0.3) is 0 Å². The summed E-state index contributed by atoms with van der Waals surface area (Å²) in [5.74, 6) is -0.918. The minimum absolute atomic E-state index is 0.115. The van der Waals surface area contributed by atoms with Crippen LogP contribution in [-0.4, -0.2) is 16.1 Å². The van der Waals surface area contributed by atoms with E-state index in [1.807, 2.05) is 0 Å². The number of carboxylic acids is 1. The number of halogens is 1. The predicted octanol–water partition coefficient (Wildman–Crippen LogP) is 1.49. The van der Waals surface area contributed by atoms with E-state index in [0.29, 0.717) is 0 Å². The molecular weight excluding hydrogens is 248 g/mol. The molecule has 0 spiro atoms. The van der Waals surface area contributed by atoms with Crippen LogP contribution in [0.15, 0.2) is 22.9 Å². The molecule has 14 heavy (non-hydrogen) atoms. The zero-order valence-electron chi connectivity index (χ0n) is 7.70. The Bertz CT molecular complexity index is 352. The lowest BCUT2D eigenvalue weighted by Gasteiger charge is -2.23. The maximum absolute atomic E-state index is 10.6. The van der Waals surface area contributed by atoms with Crippen LogP contribution in [-0.2, 0) is 10.3 Å². The maximum Gasteiger partial charge on any atom is 0.305 e. The Balaban J connectivity index is 3.03. The number of pyridine rings is 1. The Labute approximate surface area is 90.3 Å². The lowest BCUT2D eigenvalue weighted by molar-refractivity contribution is -0.138. The van der Waals surface area contributed by atoms with Gasteiger partial charge in [-0.25, -0.2) is 0 Å². The SMILES string of the molecule is C[C@@](N)(CC(=O)O)c1ccncc1Br. The highest BCUT2D eigenvalue weighted by Crippen LogP contribution is 2.27. The van der Waals surface area contributed by atoms with Crippen molar-refractivity contribution < 1.29 is 9.90 Å². The highest BCUT2D eigenvalue weighted by atomic mass is 79.9. The second-order valence-electron chi connectivity index (χ2n) is 3.34. The van der Waals surface area contributed by atoms with Gasteiger partial charge in [0.1, 0.15) is 0 Å². The fraction of sp³-hybridized carbons (Fsp3) is 0.333. The molecule has 0 saturated heterocycles. The summed E-state index contributed by atoms with van der Waals surface area (Å²) in [6, 6.07) is 1.72. The highest BCUT2D eigenvalue weighted by molar-refractivity contribution is 9.10. The van der Waals surface area contributed by atoms with Gasteiger partial charge in [0.05, 0.1) is 6.42 Å². The smallest absolute Gasteiger partial charge is 0.305 e. The molecule has 1 rings (SSSR count). The summed E-state index contributed by atoms with van der Waals surface area (Å²) >= 11 is 3.29. The monoisotopic (exact) mass is 258 g/mol. The first-order valence-corrected chi connectivity index (χ1v) is 4.83. The van der Waals surface area contributed by atoms with Crippen molar-refractivity contribution in [1.29, 1.82) is 0 Å². The predicted molar refractivity (Wildman–Crippen MR) is 55.7 cm³/mol. The second kappa shape index (κ2) is 4.06. The fourth-order valence-corrected chi connectivity index (χ4v) is 1.95. The molecule has 1 aromatic heterocycles. The van der Waals surface area contributed by atoms with Crippen molar-refractivity contribution in [3.05, 3.63) is 28.5 Å². The Hall–Kier alpha value is -0.940. The third-order valence-corrected chi connectivity index (χ3v) is 2.54. The van der Waals surface area contributed by atoms with Crippen LogP contribution in [0.3, 0.4) is 0 Å². The van der Waals surface area contributed by atoms with Gasteiger partial charge in [-0.1, -0.05) is 0 Å². The van der Waals surface area contributed by atoms with Gasteiger partial charge in [0, 0.05) is 22.4 Å². The molecule has 0 saturated carbocycles. The lowest BCUT2D eigenvalue weighted by atomic mass is 9.91. The normalized spacial score (nSPS) is 14.8. The van der Waals surface area contributed by atoms with E-state index in [4.69, 9.17) is 10.8 Å². The molecule has 0 unspecified atom stereocenters. The second-order valence-corrected chi connectivity index (χ2v) is 4.20. The number of rotatable bonds is 3. The molecule has 1 atom stereocenters. The Morgan fingerprint density at radius 1 is 1.79 bits per heavy atom. The van der Waals surface area contributed by atoms with E-state index in [1.165, 1.54) is 0 Å². The molecule has 0 aliphatic heterocycles. The van der Waals surface area contributed by atoms with Gasteiger partial charge < -0.3 is 10.8 Å². The summed E-state index contributed by atoms with van der Waals surface area (Å²) in [7, 11) is 0. The summed E-state index contributed by atoms with van der Waals surface area (Å²) in [6.45, 7) is 1.68. The molecule has 76 valence electrons. The Morgan fingerprint density at radius 3 is 2.93 bits per heavy atom. The number of nitrogens with zero attached hydrogens (tertiary/aromatic N) is 1. The van der Waals surface area contributed by atoms with Gasteiger partial charge in [-0.15, -0.1) is 0 Å². The minimum atomic E-state index is -0.918. The molecule has 4 nitrogen and oxygen atoms in total. The zero-order chi connectivity index (χ0) is 10.8. The van der Waals surface area contributed by atoms with Gasteiger partial charge in [0.15, 0.2) is 0 Å². The molecule has 0 bridgehead atoms. The average Bonchev–Trinajstić information content (AvgIpc) is 2.02. The van der Waals surface area contributed by atoms with E-state index in [9.17, 15) is 4.79 Å². The first-order chi connectivity index (χ1) is 6.43. The molecule has 0 aromatic carbocycles. The topological polar surface area (TPSA) is 76.2 Å². The summed E-state index contributed by atoms with van der Waals surface area (Å²) in [5.41, 5.74) is 5.77. The van der Waals surface area contributed by atoms with E-state index in [-0.39, 0.29) is 6.42 Å². The molecule has 0 amide bonds. The van der Waals surface area contributed by atoms with Crippen LogP contribution in [0.2, 0.25) is 0 Å². The number of nitrogens with two attached hydrogens (primary N) is 1. The van der Waals surface area contributed by atoms with E-state index in [1.54, 1.807) is 25.4 Å². The Kier molecular flexibility index (Phi) is 3.23. The van der Waals surface area contributed by atoms with Gasteiger partial charge in [-0.2, -0.15) is 0 Å². The van der Waals surface area contributed by atoms with Crippen molar-refractivity contribution in [1.82, 2.24) is 4.98 Å². The number of carboxylic acid groups (broad SMARTS) is 1. The fourth-order valence-electron chi connectivity index (χ4n) is 1.25. The lowest BCUT2D eigenvalue weighted by Crippen LogP contribution is -2.35. The van der Waals surface area contributed by atoms with Gasteiger partial charge in [-0.3, -0.25) is 9.78 Å². The van der Waals surface area contributed by atoms with Crippen LogP contribution in [0.5, 0.6) is 0 Å². The van der Waals surface area contributed by atoms with Crippen LogP contribution >= 0.6 is 15.9 Å². The number of hydrogen-bond acceptors (Lipinski definition) is 3. The van der Waals surface area contributed by atoms with Crippen molar-refractivity contribution in [3.8, 4) is 0 Å². The molecule has 0 aliphatic rings. The number of aromatic nitrogens is 1. The van der Waals surface area contributed by atoms with Crippen LogP contribution in [0, 0.1) is 0 Å². The van der Waals surface area contributed by atoms with Crippen molar-refractivity contribution in [2.24, 2.45) is 5.73 Å². The number of hydrogen-bond donors (Lipinski definition) is 2. The van der Waals surface area contributed by atoms with Gasteiger partial charge in [0.2, 0.25) is 0 Å². The maximum atomic E-state index is 10.6. The minimum Gasteiger partial charge on any atom is -0.481 e. The molecule has 3 N–H and O–H groups in total. The van der Waals surface area contributed by atoms with Crippen LogP contribution < -0.4 is 5.73 Å². The quantitative estimate of drug-likeness (QED) is 0.862. The first-order valence-electron chi connectivity index (χ1n) is 4.04. The van der Waals surface area contributed by atoms with E-state index < -0.39 is 11.5 Å². The molecule has 1 aromatic rings. The molecule has 5 heteroatoms. The van der Waals surface area contributed by atoms with Crippen LogP contribution in [0.4, 0.5) is 0 Å². The summed E-state index contributed by atoms with van der Waals surface area (Å²) in [5, 5.41) is 8.69. The third kappa shape index (κ3) is 2.52. The summed E-state index contributed by atoms with van der Waals surface area (Å²) in [4.78, 5) is 14.5. The zero-order valence-corrected chi connectivity index (χ0v) is 9.28. The molecular formula is C9H11BrN2O2. The van der Waals surface area contributed by atoms with Crippen molar-refractivity contribution in [2.75, 3.05) is 0 Å². The van der Waals surface area contributed by atoms with Gasteiger partial charge >= 0.3 is 5.97 Å². The van der Waals surface area contributed by atoms with E-state index in [0.717, 1.165) is 10.0 Å².